The molecule has 24 heavy (non-hydrogen) atoms. The number of hydrazine groups is 1. The number of rotatable bonds is 4. The van der Waals surface area contributed by atoms with E-state index in [1.807, 2.05) is 27.7 Å². The number of amides is 2. The van der Waals surface area contributed by atoms with E-state index >= 15 is 0 Å². The van der Waals surface area contributed by atoms with Gasteiger partial charge in [0.25, 0.3) is 0 Å². The highest BCUT2D eigenvalue weighted by molar-refractivity contribution is 5.79. The third-order valence-corrected chi connectivity index (χ3v) is 4.70. The van der Waals surface area contributed by atoms with Gasteiger partial charge >= 0.3 is 6.09 Å². The molecule has 0 spiro atoms. The topological polar surface area (TPSA) is 61.9 Å². The van der Waals surface area contributed by atoms with Crippen molar-refractivity contribution in [2.24, 2.45) is 5.92 Å². The van der Waals surface area contributed by atoms with Crippen LogP contribution in [0.5, 0.6) is 0 Å². The molecule has 1 heterocycles. The molecule has 0 aromatic heterocycles. The Morgan fingerprint density at radius 3 is 2.54 bits per heavy atom. The van der Waals surface area contributed by atoms with Gasteiger partial charge in [0.2, 0.25) is 5.91 Å². The summed E-state index contributed by atoms with van der Waals surface area (Å²) in [4.78, 5) is 26.1. The highest BCUT2D eigenvalue weighted by Gasteiger charge is 2.41. The summed E-state index contributed by atoms with van der Waals surface area (Å²) in [6, 6.07) is 0. The molecule has 138 valence electrons. The zero-order valence-electron chi connectivity index (χ0n) is 15.9. The van der Waals surface area contributed by atoms with Crippen molar-refractivity contribution < 1.29 is 14.3 Å². The summed E-state index contributed by atoms with van der Waals surface area (Å²) in [5, 5.41) is 1.78. The van der Waals surface area contributed by atoms with Crippen molar-refractivity contribution in [3.8, 4) is 0 Å². The lowest BCUT2D eigenvalue weighted by Crippen LogP contribution is -2.52. The third kappa shape index (κ3) is 5.36. The standard InChI is InChI=1S/C18H33N3O3/c1-17(2,3)24-16(23)20(5)13-18(4)11-15(22)21(19-18)12-14-9-7-6-8-10-14/h14,19H,6-13H2,1-5H3. The van der Waals surface area contributed by atoms with Crippen molar-refractivity contribution in [3.05, 3.63) is 0 Å². The molecule has 0 aromatic carbocycles. The second-order valence-corrected chi connectivity index (χ2v) is 8.69. The second-order valence-electron chi connectivity index (χ2n) is 8.69. The fraction of sp³-hybridized carbons (Fsp3) is 0.889. The van der Waals surface area contributed by atoms with Crippen molar-refractivity contribution in [2.75, 3.05) is 20.1 Å². The number of hydrogen-bond donors (Lipinski definition) is 1. The van der Waals surface area contributed by atoms with E-state index in [2.05, 4.69) is 5.43 Å². The molecule has 1 aliphatic heterocycles. The smallest absolute Gasteiger partial charge is 0.410 e. The van der Waals surface area contributed by atoms with Crippen LogP contribution in [0.25, 0.3) is 0 Å². The van der Waals surface area contributed by atoms with Crippen molar-refractivity contribution in [2.45, 2.75) is 77.4 Å². The largest absolute Gasteiger partial charge is 0.444 e. The van der Waals surface area contributed by atoms with E-state index in [1.165, 1.54) is 32.1 Å². The van der Waals surface area contributed by atoms with E-state index in [-0.39, 0.29) is 12.0 Å². The highest BCUT2D eigenvalue weighted by Crippen LogP contribution is 2.27. The number of hydrogen-bond acceptors (Lipinski definition) is 4. The van der Waals surface area contributed by atoms with Crippen LogP contribution in [0, 0.1) is 5.92 Å². The zero-order chi connectivity index (χ0) is 18.0. The van der Waals surface area contributed by atoms with Gasteiger partial charge in [-0.3, -0.25) is 9.80 Å². The lowest BCUT2D eigenvalue weighted by atomic mass is 9.89. The van der Waals surface area contributed by atoms with Crippen LogP contribution in [0.15, 0.2) is 0 Å². The number of nitrogens with one attached hydrogen (secondary N) is 1. The third-order valence-electron chi connectivity index (χ3n) is 4.70. The van der Waals surface area contributed by atoms with E-state index in [1.54, 1.807) is 17.0 Å². The zero-order valence-corrected chi connectivity index (χ0v) is 15.9. The molecule has 0 aromatic rings. The Balaban J connectivity index is 1.88. The number of carbonyl (C=O) groups is 2. The van der Waals surface area contributed by atoms with Gasteiger partial charge in [-0.15, -0.1) is 0 Å². The average Bonchev–Trinajstić information content (AvgIpc) is 2.72. The van der Waals surface area contributed by atoms with E-state index in [0.29, 0.717) is 18.9 Å². The first-order chi connectivity index (χ1) is 11.1. The molecule has 2 fully saturated rings. The number of carbonyl (C=O) groups excluding carboxylic acids is 2. The maximum atomic E-state index is 12.4. The second kappa shape index (κ2) is 7.30. The quantitative estimate of drug-likeness (QED) is 0.855. The minimum Gasteiger partial charge on any atom is -0.444 e. The predicted octanol–water partition coefficient (Wildman–Crippen LogP) is 2.93. The highest BCUT2D eigenvalue weighted by atomic mass is 16.6. The summed E-state index contributed by atoms with van der Waals surface area (Å²) in [7, 11) is 1.72. The van der Waals surface area contributed by atoms with E-state index in [4.69, 9.17) is 4.74 Å². The molecule has 1 aliphatic carbocycles. The summed E-state index contributed by atoms with van der Waals surface area (Å²) in [6.07, 6.45) is 6.32. The van der Waals surface area contributed by atoms with Crippen molar-refractivity contribution in [3.63, 3.8) is 0 Å². The molecule has 6 nitrogen and oxygen atoms in total. The van der Waals surface area contributed by atoms with Crippen LogP contribution in [0.4, 0.5) is 4.79 Å². The molecule has 0 radical (unpaired) electrons. The minimum atomic E-state index is -0.516. The summed E-state index contributed by atoms with van der Waals surface area (Å²) >= 11 is 0. The Morgan fingerprint density at radius 2 is 1.96 bits per heavy atom. The van der Waals surface area contributed by atoms with Gasteiger partial charge in [-0.25, -0.2) is 10.2 Å². The van der Waals surface area contributed by atoms with Gasteiger partial charge < -0.3 is 9.64 Å². The van der Waals surface area contributed by atoms with Crippen molar-refractivity contribution in [1.29, 1.82) is 0 Å². The molecule has 0 bridgehead atoms. The first-order valence-corrected chi connectivity index (χ1v) is 9.10. The fourth-order valence-corrected chi connectivity index (χ4v) is 3.65. The van der Waals surface area contributed by atoms with Gasteiger partial charge in [-0.05, 0) is 46.5 Å². The van der Waals surface area contributed by atoms with Crippen LogP contribution in [0.3, 0.4) is 0 Å². The SMILES string of the molecule is CN(CC1(C)CC(=O)N(CC2CCCCC2)N1)C(=O)OC(C)(C)C. The lowest BCUT2D eigenvalue weighted by molar-refractivity contribution is -0.130. The molecular formula is C18H33N3O3. The monoisotopic (exact) mass is 339 g/mol. The van der Waals surface area contributed by atoms with Gasteiger partial charge in [-0.1, -0.05) is 19.3 Å². The average molecular weight is 339 g/mol. The molecule has 1 atom stereocenters. The summed E-state index contributed by atoms with van der Waals surface area (Å²) in [5.41, 5.74) is 2.40. The Hall–Kier alpha value is -1.30. The van der Waals surface area contributed by atoms with Crippen LogP contribution in [-0.4, -0.2) is 53.2 Å². The Bertz CT molecular complexity index is 469. The van der Waals surface area contributed by atoms with Crippen molar-refractivity contribution >= 4 is 12.0 Å². The fourth-order valence-electron chi connectivity index (χ4n) is 3.65. The summed E-state index contributed by atoms with van der Waals surface area (Å²) in [6.45, 7) is 8.77. The Morgan fingerprint density at radius 1 is 1.33 bits per heavy atom. The van der Waals surface area contributed by atoms with Gasteiger partial charge in [0, 0.05) is 26.6 Å². The summed E-state index contributed by atoms with van der Waals surface area (Å²) in [5.74, 6) is 0.724. The molecule has 2 rings (SSSR count). The van der Waals surface area contributed by atoms with E-state index in [9.17, 15) is 9.59 Å². The van der Waals surface area contributed by atoms with Crippen LogP contribution in [0.2, 0.25) is 0 Å². The van der Waals surface area contributed by atoms with Crippen molar-refractivity contribution in [1.82, 2.24) is 15.3 Å². The Labute approximate surface area is 145 Å². The molecule has 1 unspecified atom stereocenters. The van der Waals surface area contributed by atoms with Gasteiger partial charge in [-0.2, -0.15) is 0 Å². The number of nitrogens with zero attached hydrogens (tertiary/aromatic N) is 2. The van der Waals surface area contributed by atoms with Crippen LogP contribution in [0.1, 0.15) is 66.2 Å². The Kier molecular flexibility index (Phi) is 5.78. The number of likely N-dealkylation sites (N-methyl/N-ethyl adjacent to an activating group) is 1. The normalized spacial score (nSPS) is 25.9. The van der Waals surface area contributed by atoms with Crippen LogP contribution >= 0.6 is 0 Å². The summed E-state index contributed by atoms with van der Waals surface area (Å²) < 4.78 is 5.39. The van der Waals surface area contributed by atoms with Gasteiger partial charge in [0.05, 0.1) is 5.54 Å². The lowest BCUT2D eigenvalue weighted by Gasteiger charge is -2.33. The van der Waals surface area contributed by atoms with E-state index in [0.717, 1.165) is 6.54 Å². The van der Waals surface area contributed by atoms with Gasteiger partial charge in [0.1, 0.15) is 5.60 Å². The van der Waals surface area contributed by atoms with E-state index < -0.39 is 11.1 Å². The molecule has 2 amide bonds. The number of ether oxygens (including phenoxy) is 1. The molecular weight excluding hydrogens is 306 g/mol. The minimum absolute atomic E-state index is 0.126. The van der Waals surface area contributed by atoms with Crippen LogP contribution in [-0.2, 0) is 9.53 Å². The first-order valence-electron chi connectivity index (χ1n) is 9.10. The van der Waals surface area contributed by atoms with Crippen LogP contribution < -0.4 is 5.43 Å². The molecule has 1 saturated carbocycles. The first kappa shape index (κ1) is 19.0. The molecule has 1 saturated heterocycles. The van der Waals surface area contributed by atoms with Gasteiger partial charge in [0.15, 0.2) is 0 Å². The predicted molar refractivity (Wildman–Crippen MR) is 93.3 cm³/mol. The molecule has 6 heteroatoms. The maximum absolute atomic E-state index is 12.4. The molecule has 2 aliphatic rings. The maximum Gasteiger partial charge on any atom is 0.410 e. The molecule has 1 N–H and O–H groups in total.